The molecule has 4 nitrogen and oxygen atoms in total. The molecule has 4 heteroatoms. The van der Waals surface area contributed by atoms with E-state index in [-0.39, 0.29) is 6.04 Å². The van der Waals surface area contributed by atoms with Crippen molar-refractivity contribution in [2.24, 2.45) is 4.99 Å². The zero-order chi connectivity index (χ0) is 12.1. The second-order valence-electron chi connectivity index (χ2n) is 4.09. The first-order valence-electron chi connectivity index (χ1n) is 5.81. The average molecular weight is 232 g/mol. The SMILES string of the molecule is CC(N=C=O)c1ccc(N2CCOCC2)cc1. The highest BCUT2D eigenvalue weighted by atomic mass is 16.5. The summed E-state index contributed by atoms with van der Waals surface area (Å²) in [7, 11) is 0. The molecule has 0 aromatic heterocycles. The Morgan fingerprint density at radius 3 is 2.53 bits per heavy atom. The third kappa shape index (κ3) is 2.93. The summed E-state index contributed by atoms with van der Waals surface area (Å²) in [5, 5.41) is 0. The van der Waals surface area contributed by atoms with Crippen LogP contribution in [-0.4, -0.2) is 32.4 Å². The van der Waals surface area contributed by atoms with E-state index in [1.165, 1.54) is 5.69 Å². The molecular weight excluding hydrogens is 216 g/mol. The fourth-order valence-corrected chi connectivity index (χ4v) is 1.94. The van der Waals surface area contributed by atoms with Crippen LogP contribution in [0.15, 0.2) is 29.3 Å². The van der Waals surface area contributed by atoms with Crippen LogP contribution in [0.4, 0.5) is 5.69 Å². The van der Waals surface area contributed by atoms with Crippen molar-refractivity contribution in [3.05, 3.63) is 29.8 Å². The Morgan fingerprint density at radius 2 is 1.94 bits per heavy atom. The van der Waals surface area contributed by atoms with Gasteiger partial charge in [0.25, 0.3) is 0 Å². The van der Waals surface area contributed by atoms with Gasteiger partial charge in [0.2, 0.25) is 6.08 Å². The molecule has 1 heterocycles. The second-order valence-corrected chi connectivity index (χ2v) is 4.09. The highest BCUT2D eigenvalue weighted by molar-refractivity contribution is 5.48. The van der Waals surface area contributed by atoms with E-state index >= 15 is 0 Å². The van der Waals surface area contributed by atoms with E-state index in [0.29, 0.717) is 0 Å². The summed E-state index contributed by atoms with van der Waals surface area (Å²) in [6.07, 6.45) is 1.59. The quantitative estimate of drug-likeness (QED) is 0.590. The van der Waals surface area contributed by atoms with E-state index in [0.717, 1.165) is 31.9 Å². The van der Waals surface area contributed by atoms with Crippen LogP contribution in [0.1, 0.15) is 18.5 Å². The lowest BCUT2D eigenvalue weighted by Crippen LogP contribution is -2.36. The van der Waals surface area contributed by atoms with Gasteiger partial charge in [0.15, 0.2) is 0 Å². The van der Waals surface area contributed by atoms with Crippen molar-refractivity contribution in [1.29, 1.82) is 0 Å². The number of morpholine rings is 1. The van der Waals surface area contributed by atoms with Crippen molar-refractivity contribution in [3.8, 4) is 0 Å². The van der Waals surface area contributed by atoms with Gasteiger partial charge in [-0.2, -0.15) is 4.99 Å². The standard InChI is InChI=1S/C13H16N2O2/c1-11(14-10-16)12-2-4-13(5-3-12)15-6-8-17-9-7-15/h2-5,11H,6-9H2,1H3. The molecule has 90 valence electrons. The molecule has 0 N–H and O–H groups in total. The molecule has 2 rings (SSSR count). The number of aliphatic imine (C=N–C) groups is 1. The van der Waals surface area contributed by atoms with Crippen molar-refractivity contribution >= 4 is 11.8 Å². The molecule has 1 aromatic carbocycles. The van der Waals surface area contributed by atoms with Crippen LogP contribution in [0.3, 0.4) is 0 Å². The smallest absolute Gasteiger partial charge is 0.235 e. The van der Waals surface area contributed by atoms with Crippen molar-refractivity contribution in [3.63, 3.8) is 0 Å². The molecule has 0 saturated carbocycles. The van der Waals surface area contributed by atoms with Gasteiger partial charge in [-0.3, -0.25) is 0 Å². The first kappa shape index (κ1) is 11.8. The first-order chi connectivity index (χ1) is 8.31. The Bertz CT molecular complexity index is 404. The number of hydrogen-bond donors (Lipinski definition) is 0. The Kier molecular flexibility index (Phi) is 3.91. The predicted molar refractivity (Wildman–Crippen MR) is 66.0 cm³/mol. The number of rotatable bonds is 3. The minimum Gasteiger partial charge on any atom is -0.378 e. The van der Waals surface area contributed by atoms with Crippen molar-refractivity contribution in [1.82, 2.24) is 0 Å². The van der Waals surface area contributed by atoms with Crippen molar-refractivity contribution in [2.45, 2.75) is 13.0 Å². The van der Waals surface area contributed by atoms with Crippen LogP contribution in [-0.2, 0) is 9.53 Å². The van der Waals surface area contributed by atoms with E-state index in [1.807, 2.05) is 19.1 Å². The van der Waals surface area contributed by atoms with Crippen LogP contribution in [0.2, 0.25) is 0 Å². The Hall–Kier alpha value is -1.64. The van der Waals surface area contributed by atoms with Gasteiger partial charge in [0.05, 0.1) is 19.3 Å². The minimum absolute atomic E-state index is 0.119. The number of anilines is 1. The Morgan fingerprint density at radius 1 is 1.29 bits per heavy atom. The lowest BCUT2D eigenvalue weighted by Gasteiger charge is -2.29. The maximum Gasteiger partial charge on any atom is 0.235 e. The molecule has 1 saturated heterocycles. The Balaban J connectivity index is 2.09. The van der Waals surface area contributed by atoms with Gasteiger partial charge in [-0.05, 0) is 24.6 Å². The molecule has 0 amide bonds. The third-order valence-electron chi connectivity index (χ3n) is 3.00. The molecule has 0 bridgehead atoms. The average Bonchev–Trinajstić information content (AvgIpc) is 2.40. The van der Waals surface area contributed by atoms with Crippen LogP contribution in [0.25, 0.3) is 0 Å². The number of hydrogen-bond acceptors (Lipinski definition) is 4. The molecule has 1 aliphatic rings. The van der Waals surface area contributed by atoms with E-state index in [1.54, 1.807) is 6.08 Å². The van der Waals surface area contributed by atoms with Crippen LogP contribution in [0, 0.1) is 0 Å². The number of benzene rings is 1. The molecule has 1 fully saturated rings. The lowest BCUT2D eigenvalue weighted by atomic mass is 10.1. The molecule has 0 radical (unpaired) electrons. The Labute approximate surface area is 101 Å². The molecular formula is C13H16N2O2. The molecule has 1 unspecified atom stereocenters. The van der Waals surface area contributed by atoms with Crippen LogP contribution >= 0.6 is 0 Å². The maximum atomic E-state index is 10.2. The van der Waals surface area contributed by atoms with Gasteiger partial charge in [-0.1, -0.05) is 12.1 Å². The fourth-order valence-electron chi connectivity index (χ4n) is 1.94. The normalized spacial score (nSPS) is 17.4. The fraction of sp³-hybridized carbons (Fsp3) is 0.462. The first-order valence-corrected chi connectivity index (χ1v) is 5.81. The van der Waals surface area contributed by atoms with E-state index in [2.05, 4.69) is 22.0 Å². The zero-order valence-electron chi connectivity index (χ0n) is 9.93. The van der Waals surface area contributed by atoms with E-state index in [4.69, 9.17) is 4.74 Å². The minimum atomic E-state index is -0.119. The number of isocyanates is 1. The maximum absolute atomic E-state index is 10.2. The molecule has 0 spiro atoms. The van der Waals surface area contributed by atoms with Gasteiger partial charge in [-0.25, -0.2) is 4.79 Å². The monoisotopic (exact) mass is 232 g/mol. The summed E-state index contributed by atoms with van der Waals surface area (Å²) in [6.45, 7) is 5.32. The van der Waals surface area contributed by atoms with Gasteiger partial charge < -0.3 is 9.64 Å². The lowest BCUT2D eigenvalue weighted by molar-refractivity contribution is 0.122. The highest BCUT2D eigenvalue weighted by Gasteiger charge is 2.11. The van der Waals surface area contributed by atoms with Gasteiger partial charge in [-0.15, -0.1) is 0 Å². The second kappa shape index (κ2) is 5.62. The summed E-state index contributed by atoms with van der Waals surface area (Å²) in [6, 6.07) is 8.04. The predicted octanol–water partition coefficient (Wildman–Crippen LogP) is 1.92. The molecule has 1 aliphatic heterocycles. The zero-order valence-corrected chi connectivity index (χ0v) is 9.93. The number of carbonyl (C=O) groups excluding carboxylic acids is 1. The van der Waals surface area contributed by atoms with Gasteiger partial charge in [0, 0.05) is 18.8 Å². The summed E-state index contributed by atoms with van der Waals surface area (Å²) >= 11 is 0. The van der Waals surface area contributed by atoms with Crippen LogP contribution < -0.4 is 4.90 Å². The summed E-state index contributed by atoms with van der Waals surface area (Å²) in [5.74, 6) is 0. The number of ether oxygens (including phenoxy) is 1. The third-order valence-corrected chi connectivity index (χ3v) is 3.00. The molecule has 0 aliphatic carbocycles. The number of nitrogens with zero attached hydrogens (tertiary/aromatic N) is 2. The van der Waals surface area contributed by atoms with E-state index in [9.17, 15) is 4.79 Å². The largest absolute Gasteiger partial charge is 0.378 e. The molecule has 17 heavy (non-hydrogen) atoms. The van der Waals surface area contributed by atoms with Crippen molar-refractivity contribution in [2.75, 3.05) is 31.2 Å². The summed E-state index contributed by atoms with van der Waals surface area (Å²) in [4.78, 5) is 16.2. The molecule has 1 atom stereocenters. The van der Waals surface area contributed by atoms with Crippen molar-refractivity contribution < 1.29 is 9.53 Å². The van der Waals surface area contributed by atoms with Gasteiger partial charge in [0.1, 0.15) is 0 Å². The highest BCUT2D eigenvalue weighted by Crippen LogP contribution is 2.21. The van der Waals surface area contributed by atoms with Gasteiger partial charge >= 0.3 is 0 Å². The summed E-state index contributed by atoms with van der Waals surface area (Å²) < 4.78 is 5.32. The van der Waals surface area contributed by atoms with Crippen LogP contribution in [0.5, 0.6) is 0 Å². The topological polar surface area (TPSA) is 41.9 Å². The summed E-state index contributed by atoms with van der Waals surface area (Å²) in [5.41, 5.74) is 2.23. The van der Waals surface area contributed by atoms with E-state index < -0.39 is 0 Å². The molecule has 1 aromatic rings.